The van der Waals surface area contributed by atoms with E-state index in [1.54, 1.807) is 18.5 Å². The highest BCUT2D eigenvalue weighted by atomic mass is 16.6. The second-order valence-corrected chi connectivity index (χ2v) is 9.08. The third-order valence-corrected chi connectivity index (χ3v) is 5.23. The minimum Gasteiger partial charge on any atom is -0.443 e. The third kappa shape index (κ3) is 5.43. The van der Waals surface area contributed by atoms with Crippen molar-refractivity contribution in [3.8, 4) is 0 Å². The van der Waals surface area contributed by atoms with Gasteiger partial charge in [0.1, 0.15) is 11.4 Å². The number of ether oxygens (including phenoxy) is 1. The van der Waals surface area contributed by atoms with Crippen molar-refractivity contribution in [3.05, 3.63) is 84.4 Å². The van der Waals surface area contributed by atoms with Crippen LogP contribution in [0.25, 0.3) is 10.8 Å². The van der Waals surface area contributed by atoms with Crippen molar-refractivity contribution >= 4 is 39.8 Å². The molecule has 0 atom stereocenters. The molecule has 4 rings (SSSR count). The number of hydrogen-bond acceptors (Lipinski definition) is 5. The molecule has 0 spiro atoms. The number of rotatable bonds is 5. The van der Waals surface area contributed by atoms with E-state index in [0.29, 0.717) is 11.4 Å². The van der Waals surface area contributed by atoms with Gasteiger partial charge in [-0.25, -0.2) is 9.36 Å². The molecule has 0 fully saturated rings. The molecule has 174 valence electrons. The first-order chi connectivity index (χ1) is 16.2. The zero-order valence-corrected chi connectivity index (χ0v) is 19.8. The van der Waals surface area contributed by atoms with Crippen LogP contribution in [0.4, 0.5) is 21.9 Å². The molecule has 0 aliphatic rings. The van der Waals surface area contributed by atoms with Crippen molar-refractivity contribution in [2.24, 2.45) is 0 Å². The van der Waals surface area contributed by atoms with Crippen LogP contribution in [0.3, 0.4) is 0 Å². The van der Waals surface area contributed by atoms with Crippen LogP contribution in [0.15, 0.2) is 73.2 Å². The van der Waals surface area contributed by atoms with E-state index >= 15 is 0 Å². The maximum atomic E-state index is 12.9. The number of amidine groups is 1. The number of hydrogen-bond donors (Lipinski definition) is 3. The lowest BCUT2D eigenvalue weighted by Crippen LogP contribution is -2.29. The molecule has 0 amide bonds. The van der Waals surface area contributed by atoms with Gasteiger partial charge in [0.15, 0.2) is 0 Å². The summed E-state index contributed by atoms with van der Waals surface area (Å²) in [5.41, 5.74) is 3.25. The summed E-state index contributed by atoms with van der Waals surface area (Å²) in [6.45, 7) is 7.54. The molecule has 0 saturated heterocycles. The van der Waals surface area contributed by atoms with Gasteiger partial charge in [0, 0.05) is 35.4 Å². The van der Waals surface area contributed by atoms with Crippen LogP contribution in [0.5, 0.6) is 0 Å². The Hall–Kier alpha value is -4.13. The minimum absolute atomic E-state index is 0.0905. The summed E-state index contributed by atoms with van der Waals surface area (Å²) in [7, 11) is 0. The Balaban J connectivity index is 1.63. The number of aryl methyl sites for hydroxylation is 1. The van der Waals surface area contributed by atoms with E-state index in [0.717, 1.165) is 28.6 Å². The zero-order valence-electron chi connectivity index (χ0n) is 19.8. The monoisotopic (exact) mass is 455 g/mol. The molecule has 2 aromatic carbocycles. The van der Waals surface area contributed by atoms with Crippen LogP contribution in [0, 0.1) is 5.41 Å². The molecule has 2 aromatic heterocycles. The normalized spacial score (nSPS) is 11.3. The number of benzene rings is 2. The van der Waals surface area contributed by atoms with Crippen molar-refractivity contribution < 1.29 is 9.53 Å². The molecule has 0 saturated carbocycles. The molecule has 0 radical (unpaired) electrons. The summed E-state index contributed by atoms with van der Waals surface area (Å²) >= 11 is 0. The Morgan fingerprint density at radius 1 is 1.00 bits per heavy atom. The maximum absolute atomic E-state index is 12.9. The van der Waals surface area contributed by atoms with Crippen molar-refractivity contribution in [3.63, 3.8) is 0 Å². The van der Waals surface area contributed by atoms with Crippen LogP contribution in [0.1, 0.15) is 39.0 Å². The molecule has 0 aliphatic heterocycles. The van der Waals surface area contributed by atoms with Crippen LogP contribution >= 0.6 is 0 Å². The first-order valence-electron chi connectivity index (χ1n) is 11.2. The number of carbonyl (C=O) groups is 1. The lowest BCUT2D eigenvalue weighted by atomic mass is 10.1. The van der Waals surface area contributed by atoms with Crippen LogP contribution in [-0.2, 0) is 11.2 Å². The van der Waals surface area contributed by atoms with Gasteiger partial charge >= 0.3 is 6.09 Å². The molecule has 0 bridgehead atoms. The van der Waals surface area contributed by atoms with Gasteiger partial charge in [0.25, 0.3) is 0 Å². The summed E-state index contributed by atoms with van der Waals surface area (Å²) in [5, 5.41) is 17.2. The van der Waals surface area contributed by atoms with Gasteiger partial charge in [-0.1, -0.05) is 25.1 Å². The fourth-order valence-corrected chi connectivity index (χ4v) is 3.55. The second-order valence-electron chi connectivity index (χ2n) is 9.08. The lowest BCUT2D eigenvalue weighted by molar-refractivity contribution is 0.0536. The molecule has 3 N–H and O–H groups in total. The molecule has 2 heterocycles. The largest absolute Gasteiger partial charge is 0.443 e. The summed E-state index contributed by atoms with van der Waals surface area (Å²) in [4.78, 5) is 17.1. The summed E-state index contributed by atoms with van der Waals surface area (Å²) in [5.74, 6) is 0.0905. The number of carbonyl (C=O) groups excluding carboxylic acids is 1. The Morgan fingerprint density at radius 2 is 1.74 bits per heavy atom. The average Bonchev–Trinajstić information content (AvgIpc) is 3.22. The fourth-order valence-electron chi connectivity index (χ4n) is 3.55. The van der Waals surface area contributed by atoms with Gasteiger partial charge in [-0.3, -0.25) is 10.4 Å². The average molecular weight is 456 g/mol. The van der Waals surface area contributed by atoms with E-state index in [1.807, 2.05) is 75.5 Å². The van der Waals surface area contributed by atoms with Crippen LogP contribution in [-0.4, -0.2) is 27.1 Å². The highest BCUT2D eigenvalue weighted by molar-refractivity contribution is 6.07. The Labute approximate surface area is 199 Å². The number of aromatic nitrogens is 2. The van der Waals surface area contributed by atoms with E-state index in [2.05, 4.69) is 22.5 Å². The smallest absolute Gasteiger partial charge is 0.419 e. The predicted molar refractivity (Wildman–Crippen MR) is 137 cm³/mol. The molecule has 0 aliphatic carbocycles. The fraction of sp³-hybridized carbons (Fsp3) is 0.222. The number of fused-ring (bicyclic) bond motifs is 1. The van der Waals surface area contributed by atoms with Crippen molar-refractivity contribution in [1.29, 1.82) is 5.41 Å². The van der Waals surface area contributed by atoms with Gasteiger partial charge in [-0.05, 0) is 74.5 Å². The van der Waals surface area contributed by atoms with Crippen molar-refractivity contribution in [1.82, 2.24) is 9.55 Å². The molecule has 7 nitrogen and oxygen atoms in total. The van der Waals surface area contributed by atoms with Gasteiger partial charge < -0.3 is 15.4 Å². The van der Waals surface area contributed by atoms with Crippen LogP contribution < -0.4 is 10.6 Å². The number of anilines is 3. The molecule has 0 unspecified atom stereocenters. The molecular weight excluding hydrogens is 426 g/mol. The van der Waals surface area contributed by atoms with Crippen LogP contribution in [0.2, 0.25) is 0 Å². The van der Waals surface area contributed by atoms with Crippen molar-refractivity contribution in [2.75, 3.05) is 10.6 Å². The van der Waals surface area contributed by atoms with E-state index in [1.165, 1.54) is 10.1 Å². The Kier molecular flexibility index (Phi) is 6.36. The Morgan fingerprint density at radius 3 is 2.44 bits per heavy atom. The van der Waals surface area contributed by atoms with Gasteiger partial charge in [-0.15, -0.1) is 0 Å². The quantitative estimate of drug-likeness (QED) is 0.234. The number of pyridine rings is 1. The third-order valence-electron chi connectivity index (χ3n) is 5.23. The molecule has 34 heavy (non-hydrogen) atoms. The highest BCUT2D eigenvalue weighted by Gasteiger charge is 2.22. The molecular formula is C27H29N5O2. The lowest BCUT2D eigenvalue weighted by Gasteiger charge is -2.20. The number of nitrogens with one attached hydrogen (secondary N) is 3. The SMILES string of the molecule is CCc1ccc(NC(=N)c2cc(Nc3ccc4cnccc4c3)cn2C(=O)OC(C)(C)C)cc1. The highest BCUT2D eigenvalue weighted by Crippen LogP contribution is 2.25. The van der Waals surface area contributed by atoms with E-state index in [-0.39, 0.29) is 5.84 Å². The number of nitrogens with zero attached hydrogens (tertiary/aromatic N) is 2. The van der Waals surface area contributed by atoms with E-state index in [4.69, 9.17) is 10.1 Å². The maximum Gasteiger partial charge on any atom is 0.419 e. The van der Waals surface area contributed by atoms with Crippen molar-refractivity contribution in [2.45, 2.75) is 39.7 Å². The zero-order chi connectivity index (χ0) is 24.3. The van der Waals surface area contributed by atoms with Gasteiger partial charge in [0.2, 0.25) is 0 Å². The summed E-state index contributed by atoms with van der Waals surface area (Å²) < 4.78 is 6.94. The topological polar surface area (TPSA) is 92.0 Å². The minimum atomic E-state index is -0.663. The first kappa shape index (κ1) is 23.0. The Bertz CT molecular complexity index is 1330. The molecule has 4 aromatic rings. The standard InChI is InChI=1S/C27H29N5O2/c1-5-18-6-9-21(10-7-18)31-25(28)24-15-23(17-32(24)26(33)34-27(2,3)4)30-22-11-8-20-16-29-13-12-19(20)14-22/h6-17,30H,5H2,1-4H3,(H2,28,31). The van der Waals surface area contributed by atoms with Gasteiger partial charge in [-0.2, -0.15) is 0 Å². The molecule has 7 heteroatoms. The summed E-state index contributed by atoms with van der Waals surface area (Å²) in [6, 6.07) is 17.6. The van der Waals surface area contributed by atoms with E-state index < -0.39 is 11.7 Å². The first-order valence-corrected chi connectivity index (χ1v) is 11.2. The van der Waals surface area contributed by atoms with E-state index in [9.17, 15) is 4.79 Å². The predicted octanol–water partition coefficient (Wildman–Crippen LogP) is 6.56. The summed E-state index contributed by atoms with van der Waals surface area (Å²) in [6.07, 6.45) is 5.61. The van der Waals surface area contributed by atoms with Gasteiger partial charge in [0.05, 0.1) is 11.4 Å². The second kappa shape index (κ2) is 9.39.